The Hall–Kier alpha value is -3.25. The number of carbonyl (C=O) groups excluding carboxylic acids is 3. The predicted molar refractivity (Wildman–Crippen MR) is 119 cm³/mol. The fraction of sp³-hybridized carbons (Fsp3) is 0.125. The lowest BCUT2D eigenvalue weighted by atomic mass is 9.98. The molecule has 6 heteroatoms. The average Bonchev–Trinajstić information content (AvgIpc) is 3.03. The van der Waals surface area contributed by atoms with E-state index in [9.17, 15) is 14.4 Å². The summed E-state index contributed by atoms with van der Waals surface area (Å²) >= 11 is 3.35. The summed E-state index contributed by atoms with van der Waals surface area (Å²) in [4.78, 5) is 39.0. The summed E-state index contributed by atoms with van der Waals surface area (Å²) in [6, 6.07) is 25.2. The van der Waals surface area contributed by atoms with E-state index in [1.165, 1.54) is 10.0 Å². The first-order valence-electron chi connectivity index (χ1n) is 9.63. The summed E-state index contributed by atoms with van der Waals surface area (Å²) < 4.78 is 0.886. The zero-order valence-corrected chi connectivity index (χ0v) is 17.7. The van der Waals surface area contributed by atoms with Gasteiger partial charge in [0.25, 0.3) is 11.8 Å². The van der Waals surface area contributed by atoms with Gasteiger partial charge >= 0.3 is 0 Å². The van der Waals surface area contributed by atoms with Crippen molar-refractivity contribution in [2.45, 2.75) is 12.8 Å². The Morgan fingerprint density at radius 1 is 0.733 bits per heavy atom. The quantitative estimate of drug-likeness (QED) is 0.381. The third kappa shape index (κ3) is 3.91. The van der Waals surface area contributed by atoms with Gasteiger partial charge in [0, 0.05) is 16.5 Å². The number of ketones is 1. The lowest BCUT2D eigenvalue weighted by Crippen LogP contribution is -2.41. The van der Waals surface area contributed by atoms with Crippen LogP contribution in [0.3, 0.4) is 0 Å². The van der Waals surface area contributed by atoms with E-state index in [2.05, 4.69) is 15.9 Å². The highest BCUT2D eigenvalue weighted by Gasteiger charge is 2.46. The van der Waals surface area contributed by atoms with Gasteiger partial charge in [0.05, 0.1) is 11.4 Å². The maximum absolute atomic E-state index is 13.2. The number of carbonyl (C=O) groups is 3. The van der Waals surface area contributed by atoms with E-state index in [0.717, 1.165) is 4.47 Å². The second-order valence-corrected chi connectivity index (χ2v) is 7.91. The SMILES string of the molecule is O=C(CCC1C(=O)N(c2ccccc2)N(c2ccccc2)C1=O)c1ccc(Br)cc1. The van der Waals surface area contributed by atoms with E-state index in [0.29, 0.717) is 16.9 Å². The number of halogens is 1. The number of hydrazine groups is 1. The summed E-state index contributed by atoms with van der Waals surface area (Å²) in [5.41, 5.74) is 1.79. The van der Waals surface area contributed by atoms with Crippen molar-refractivity contribution in [1.29, 1.82) is 0 Å². The first kappa shape index (κ1) is 20.0. The Morgan fingerprint density at radius 2 is 1.20 bits per heavy atom. The van der Waals surface area contributed by atoms with Crippen LogP contribution < -0.4 is 10.0 Å². The Bertz CT molecular complexity index is 1010. The number of para-hydroxylation sites is 2. The van der Waals surface area contributed by atoms with Crippen molar-refractivity contribution in [3.8, 4) is 0 Å². The molecule has 4 rings (SSSR count). The van der Waals surface area contributed by atoms with Gasteiger partial charge in [-0.1, -0.05) is 64.5 Å². The molecule has 150 valence electrons. The van der Waals surface area contributed by atoms with Gasteiger partial charge in [0.1, 0.15) is 5.92 Å². The van der Waals surface area contributed by atoms with Gasteiger partial charge < -0.3 is 0 Å². The molecular weight excluding hydrogens is 444 g/mol. The second kappa shape index (κ2) is 8.63. The number of benzene rings is 3. The van der Waals surface area contributed by atoms with Crippen LogP contribution in [-0.2, 0) is 9.59 Å². The number of rotatable bonds is 6. The van der Waals surface area contributed by atoms with Crippen LogP contribution in [0, 0.1) is 5.92 Å². The minimum atomic E-state index is -0.898. The first-order valence-corrected chi connectivity index (χ1v) is 10.4. The van der Waals surface area contributed by atoms with Crippen LogP contribution in [0.1, 0.15) is 23.2 Å². The maximum atomic E-state index is 13.2. The van der Waals surface area contributed by atoms with Gasteiger partial charge in [-0.15, -0.1) is 0 Å². The van der Waals surface area contributed by atoms with Crippen molar-refractivity contribution in [3.63, 3.8) is 0 Å². The van der Waals surface area contributed by atoms with E-state index in [4.69, 9.17) is 0 Å². The monoisotopic (exact) mass is 462 g/mol. The molecule has 1 saturated heterocycles. The average molecular weight is 463 g/mol. The number of nitrogens with zero attached hydrogens (tertiary/aromatic N) is 2. The summed E-state index contributed by atoms with van der Waals surface area (Å²) in [5.74, 6) is -1.63. The highest BCUT2D eigenvalue weighted by Crippen LogP contribution is 2.33. The molecule has 0 spiro atoms. The van der Waals surface area contributed by atoms with Crippen molar-refractivity contribution in [2.24, 2.45) is 5.92 Å². The molecule has 0 N–H and O–H groups in total. The van der Waals surface area contributed by atoms with E-state index < -0.39 is 5.92 Å². The number of anilines is 2. The van der Waals surface area contributed by atoms with E-state index in [1.54, 1.807) is 48.5 Å². The topological polar surface area (TPSA) is 57.7 Å². The molecule has 0 atom stereocenters. The molecule has 5 nitrogen and oxygen atoms in total. The highest BCUT2D eigenvalue weighted by atomic mass is 79.9. The summed E-state index contributed by atoms with van der Waals surface area (Å²) in [5, 5.41) is 2.82. The lowest BCUT2D eigenvalue weighted by Gasteiger charge is -2.27. The van der Waals surface area contributed by atoms with Crippen LogP contribution in [0.15, 0.2) is 89.4 Å². The first-order chi connectivity index (χ1) is 14.6. The summed E-state index contributed by atoms with van der Waals surface area (Å²) in [6.45, 7) is 0. The minimum absolute atomic E-state index is 0.0903. The van der Waals surface area contributed by atoms with Gasteiger partial charge in [-0.25, -0.2) is 10.0 Å². The van der Waals surface area contributed by atoms with Crippen LogP contribution in [-0.4, -0.2) is 17.6 Å². The van der Waals surface area contributed by atoms with E-state index in [1.807, 2.05) is 36.4 Å². The zero-order valence-electron chi connectivity index (χ0n) is 16.1. The van der Waals surface area contributed by atoms with Gasteiger partial charge in [-0.3, -0.25) is 14.4 Å². The molecule has 0 unspecified atom stereocenters. The molecule has 1 fully saturated rings. The van der Waals surface area contributed by atoms with Crippen LogP contribution in [0.25, 0.3) is 0 Å². The highest BCUT2D eigenvalue weighted by molar-refractivity contribution is 9.10. The fourth-order valence-corrected chi connectivity index (χ4v) is 3.79. The molecule has 2 amide bonds. The Morgan fingerprint density at radius 3 is 1.67 bits per heavy atom. The maximum Gasteiger partial charge on any atom is 0.258 e. The minimum Gasteiger partial charge on any atom is -0.294 e. The van der Waals surface area contributed by atoms with Crippen molar-refractivity contribution in [3.05, 3.63) is 95.0 Å². The standard InChI is InChI=1S/C24H19BrN2O3/c25-18-13-11-17(12-14-18)22(28)16-15-21-23(29)26(19-7-3-1-4-8-19)27(24(21)30)20-9-5-2-6-10-20/h1-14,21H,15-16H2. The van der Waals surface area contributed by atoms with Crippen LogP contribution >= 0.6 is 15.9 Å². The van der Waals surface area contributed by atoms with Gasteiger partial charge in [0.15, 0.2) is 5.78 Å². The number of Topliss-reactive ketones (excluding diaryl/α,β-unsaturated/α-hetero) is 1. The Balaban J connectivity index is 1.59. The van der Waals surface area contributed by atoms with Crippen molar-refractivity contribution < 1.29 is 14.4 Å². The van der Waals surface area contributed by atoms with Crippen molar-refractivity contribution in [1.82, 2.24) is 0 Å². The molecule has 3 aromatic rings. The second-order valence-electron chi connectivity index (χ2n) is 6.99. The number of hydrogen-bond donors (Lipinski definition) is 0. The molecule has 1 aliphatic heterocycles. The zero-order chi connectivity index (χ0) is 21.1. The normalized spacial score (nSPS) is 14.4. The third-order valence-corrected chi connectivity index (χ3v) is 5.57. The van der Waals surface area contributed by atoms with Gasteiger partial charge in [-0.05, 0) is 42.8 Å². The van der Waals surface area contributed by atoms with Crippen LogP contribution in [0.2, 0.25) is 0 Å². The molecular formula is C24H19BrN2O3. The Labute approximate surface area is 183 Å². The molecule has 1 aliphatic rings. The molecule has 0 aliphatic carbocycles. The molecule has 0 aromatic heterocycles. The predicted octanol–water partition coefficient (Wildman–Crippen LogP) is 5.02. The number of hydrogen-bond acceptors (Lipinski definition) is 3. The molecule has 1 heterocycles. The van der Waals surface area contributed by atoms with E-state index >= 15 is 0 Å². The Kier molecular flexibility index (Phi) is 5.77. The molecule has 0 radical (unpaired) electrons. The van der Waals surface area contributed by atoms with Gasteiger partial charge in [-0.2, -0.15) is 0 Å². The van der Waals surface area contributed by atoms with Gasteiger partial charge in [0.2, 0.25) is 0 Å². The van der Waals surface area contributed by atoms with Crippen LogP contribution in [0.5, 0.6) is 0 Å². The van der Waals surface area contributed by atoms with Crippen molar-refractivity contribution >= 4 is 44.9 Å². The largest absolute Gasteiger partial charge is 0.294 e. The molecule has 0 bridgehead atoms. The van der Waals surface area contributed by atoms with Crippen LogP contribution in [0.4, 0.5) is 11.4 Å². The number of amides is 2. The fourth-order valence-electron chi connectivity index (χ4n) is 3.52. The summed E-state index contributed by atoms with van der Waals surface area (Å²) in [6.07, 6.45) is 0.286. The summed E-state index contributed by atoms with van der Waals surface area (Å²) in [7, 11) is 0. The molecule has 30 heavy (non-hydrogen) atoms. The lowest BCUT2D eigenvalue weighted by molar-refractivity contribution is -0.127. The smallest absolute Gasteiger partial charge is 0.258 e. The third-order valence-electron chi connectivity index (χ3n) is 5.04. The van der Waals surface area contributed by atoms with E-state index in [-0.39, 0.29) is 30.4 Å². The van der Waals surface area contributed by atoms with Crippen molar-refractivity contribution in [2.75, 3.05) is 10.0 Å². The molecule has 0 saturated carbocycles. The molecule has 3 aromatic carbocycles.